The molecule has 120 valence electrons. The number of nitrogens with two attached hydrogens (primary N) is 2. The van der Waals surface area contributed by atoms with Crippen molar-refractivity contribution in [1.82, 2.24) is 0 Å². The average Bonchev–Trinajstić information content (AvgIpc) is 2.37. The number of para-hydroxylation sites is 1. The van der Waals surface area contributed by atoms with Crippen molar-refractivity contribution in [1.29, 1.82) is 0 Å². The van der Waals surface area contributed by atoms with Crippen molar-refractivity contribution in [3.05, 3.63) is 48.5 Å². The first kappa shape index (κ1) is 17.9. The van der Waals surface area contributed by atoms with Gasteiger partial charge >= 0.3 is 0 Å². The van der Waals surface area contributed by atoms with Gasteiger partial charge < -0.3 is 11.5 Å². The summed E-state index contributed by atoms with van der Waals surface area (Å²) in [6, 6.07) is 11.8. The number of anilines is 2. The van der Waals surface area contributed by atoms with Gasteiger partial charge in [-0.3, -0.25) is 9.11 Å². The molecule has 0 saturated heterocycles. The lowest BCUT2D eigenvalue weighted by molar-refractivity contribution is 0.479. The van der Waals surface area contributed by atoms with Crippen LogP contribution in [0.4, 0.5) is 11.4 Å². The van der Waals surface area contributed by atoms with Crippen molar-refractivity contribution in [2.45, 2.75) is 9.79 Å². The highest BCUT2D eigenvalue weighted by molar-refractivity contribution is 7.86. The number of rotatable bonds is 2. The second-order valence-corrected chi connectivity index (χ2v) is 6.87. The van der Waals surface area contributed by atoms with E-state index in [-0.39, 0.29) is 0 Å². The molecule has 2 rings (SSSR count). The topological polar surface area (TPSA) is 161 Å². The Bertz CT molecular complexity index is 848. The van der Waals surface area contributed by atoms with E-state index in [1.807, 2.05) is 30.3 Å². The number of hydrogen-bond acceptors (Lipinski definition) is 6. The van der Waals surface area contributed by atoms with E-state index in [1.165, 1.54) is 0 Å². The first-order chi connectivity index (χ1) is 10.0. The van der Waals surface area contributed by atoms with Crippen molar-refractivity contribution < 1.29 is 25.9 Å². The highest BCUT2D eigenvalue weighted by atomic mass is 32.2. The third kappa shape index (κ3) is 5.33. The van der Waals surface area contributed by atoms with E-state index in [0.717, 1.165) is 23.9 Å². The Balaban J connectivity index is 0.000000287. The molecule has 0 heterocycles. The van der Waals surface area contributed by atoms with Crippen LogP contribution in [0, 0.1) is 0 Å². The van der Waals surface area contributed by atoms with Crippen molar-refractivity contribution in [3.8, 4) is 0 Å². The van der Waals surface area contributed by atoms with Crippen LogP contribution in [-0.4, -0.2) is 25.9 Å². The fraction of sp³-hybridized carbons (Fsp3) is 0. The molecule has 6 N–H and O–H groups in total. The van der Waals surface area contributed by atoms with Gasteiger partial charge in [0.15, 0.2) is 0 Å². The summed E-state index contributed by atoms with van der Waals surface area (Å²) in [5.41, 5.74) is 10.9. The fourth-order valence-electron chi connectivity index (χ4n) is 1.37. The smallest absolute Gasteiger partial charge is 0.296 e. The van der Waals surface area contributed by atoms with Crippen molar-refractivity contribution in [2.75, 3.05) is 11.5 Å². The lowest BCUT2D eigenvalue weighted by Crippen LogP contribution is -2.05. The first-order valence-corrected chi connectivity index (χ1v) is 8.55. The molecule has 8 nitrogen and oxygen atoms in total. The zero-order chi connectivity index (χ0) is 17.0. The van der Waals surface area contributed by atoms with E-state index >= 15 is 0 Å². The van der Waals surface area contributed by atoms with Gasteiger partial charge in [-0.1, -0.05) is 18.2 Å². The van der Waals surface area contributed by atoms with Crippen LogP contribution in [0.15, 0.2) is 58.3 Å². The third-order valence-electron chi connectivity index (χ3n) is 2.36. The zero-order valence-corrected chi connectivity index (χ0v) is 12.8. The fourth-order valence-corrected chi connectivity index (χ4v) is 2.49. The molecule has 0 saturated carbocycles. The molecule has 0 fully saturated rings. The summed E-state index contributed by atoms with van der Waals surface area (Å²) in [5, 5.41) is 0. The summed E-state index contributed by atoms with van der Waals surface area (Å²) >= 11 is 0. The quantitative estimate of drug-likeness (QED) is 0.463. The first-order valence-electron chi connectivity index (χ1n) is 5.67. The van der Waals surface area contributed by atoms with Crippen LogP contribution in [0.2, 0.25) is 0 Å². The Kier molecular flexibility index (Phi) is 5.49. The molecule has 0 aliphatic carbocycles. The molecule has 0 bridgehead atoms. The Morgan fingerprint density at radius 1 is 0.773 bits per heavy atom. The van der Waals surface area contributed by atoms with Crippen LogP contribution in [0.3, 0.4) is 0 Å². The zero-order valence-electron chi connectivity index (χ0n) is 11.1. The minimum absolute atomic E-state index is 0.465. The SMILES string of the molecule is Nc1cc(S(=O)(=O)O)ccc1S(=O)(=O)O.Nc1ccccc1. The maximum Gasteiger partial charge on any atom is 0.296 e. The lowest BCUT2D eigenvalue weighted by atomic mass is 10.3. The summed E-state index contributed by atoms with van der Waals surface area (Å²) in [5.74, 6) is 0. The summed E-state index contributed by atoms with van der Waals surface area (Å²) in [7, 11) is -8.94. The molecule has 0 spiro atoms. The molecule has 0 radical (unpaired) electrons. The van der Waals surface area contributed by atoms with Crippen LogP contribution in [0.25, 0.3) is 0 Å². The van der Waals surface area contributed by atoms with Crippen LogP contribution >= 0.6 is 0 Å². The van der Waals surface area contributed by atoms with Gasteiger partial charge in [-0.2, -0.15) is 16.8 Å². The van der Waals surface area contributed by atoms with E-state index in [0.29, 0.717) is 0 Å². The summed E-state index contributed by atoms with van der Waals surface area (Å²) < 4.78 is 59.9. The number of hydrogen-bond donors (Lipinski definition) is 4. The van der Waals surface area contributed by atoms with Gasteiger partial charge in [0.2, 0.25) is 0 Å². The Hall–Kier alpha value is -2.14. The van der Waals surface area contributed by atoms with E-state index in [1.54, 1.807) is 0 Å². The summed E-state index contributed by atoms with van der Waals surface area (Å²) in [6.45, 7) is 0. The molecule has 10 heteroatoms. The monoisotopic (exact) mass is 346 g/mol. The molecule has 0 aliphatic heterocycles. The highest BCUT2D eigenvalue weighted by Crippen LogP contribution is 2.21. The van der Waals surface area contributed by atoms with Crippen molar-refractivity contribution in [3.63, 3.8) is 0 Å². The molecule has 2 aromatic carbocycles. The minimum atomic E-state index is -4.50. The van der Waals surface area contributed by atoms with Gasteiger partial charge in [0, 0.05) is 5.69 Å². The van der Waals surface area contributed by atoms with Gasteiger partial charge in [0.1, 0.15) is 4.90 Å². The second-order valence-electron chi connectivity index (χ2n) is 4.06. The normalized spacial score (nSPS) is 11.4. The Morgan fingerprint density at radius 3 is 1.64 bits per heavy atom. The molecular weight excluding hydrogens is 332 g/mol. The van der Waals surface area contributed by atoms with Crippen LogP contribution in [-0.2, 0) is 20.2 Å². The molecule has 0 aliphatic rings. The summed E-state index contributed by atoms with van der Waals surface area (Å²) in [6.07, 6.45) is 0. The maximum atomic E-state index is 10.7. The van der Waals surface area contributed by atoms with Crippen LogP contribution < -0.4 is 11.5 Å². The molecule has 0 aromatic heterocycles. The standard InChI is InChI=1S/C6H7NO6S2.C6H7N/c7-5-3-4(14(8,9)10)1-2-6(5)15(11,12)13;7-6-4-2-1-3-5-6/h1-3H,7H2,(H,8,9,10)(H,11,12,13);1-5H,7H2. The van der Waals surface area contributed by atoms with E-state index in [9.17, 15) is 16.8 Å². The van der Waals surface area contributed by atoms with Gasteiger partial charge in [0.05, 0.1) is 10.6 Å². The Morgan fingerprint density at radius 2 is 1.32 bits per heavy atom. The lowest BCUT2D eigenvalue weighted by Gasteiger charge is -2.03. The second kappa shape index (κ2) is 6.75. The van der Waals surface area contributed by atoms with Crippen LogP contribution in [0.5, 0.6) is 0 Å². The van der Waals surface area contributed by atoms with E-state index in [4.69, 9.17) is 20.6 Å². The Labute approximate surface area is 127 Å². The number of nitrogen functional groups attached to an aromatic ring is 2. The maximum absolute atomic E-state index is 10.7. The molecule has 2 aromatic rings. The van der Waals surface area contributed by atoms with Gasteiger partial charge in [-0.15, -0.1) is 0 Å². The van der Waals surface area contributed by atoms with Gasteiger partial charge in [0.25, 0.3) is 20.2 Å². The largest absolute Gasteiger partial charge is 0.399 e. The third-order valence-corrected chi connectivity index (χ3v) is 4.13. The molecule has 22 heavy (non-hydrogen) atoms. The van der Waals surface area contributed by atoms with Crippen LogP contribution in [0.1, 0.15) is 0 Å². The molecule has 0 amide bonds. The highest BCUT2D eigenvalue weighted by Gasteiger charge is 2.17. The minimum Gasteiger partial charge on any atom is -0.399 e. The van der Waals surface area contributed by atoms with Crippen molar-refractivity contribution >= 4 is 31.6 Å². The predicted octanol–water partition coefficient (Wildman–Crippen LogP) is 1.03. The average molecular weight is 346 g/mol. The molecule has 0 unspecified atom stereocenters. The van der Waals surface area contributed by atoms with E-state index < -0.39 is 35.7 Å². The predicted molar refractivity (Wildman–Crippen MR) is 81.3 cm³/mol. The van der Waals surface area contributed by atoms with E-state index in [2.05, 4.69) is 0 Å². The molecular formula is C12H14N2O6S2. The summed E-state index contributed by atoms with van der Waals surface area (Å²) in [4.78, 5) is -1.16. The van der Waals surface area contributed by atoms with Crippen molar-refractivity contribution in [2.24, 2.45) is 0 Å². The molecule has 0 atom stereocenters. The van der Waals surface area contributed by atoms with Gasteiger partial charge in [-0.05, 0) is 30.3 Å². The van der Waals surface area contributed by atoms with Gasteiger partial charge in [-0.25, -0.2) is 0 Å². The number of benzene rings is 2.